The molecule has 0 aromatic heterocycles. The van der Waals surface area contributed by atoms with Crippen molar-refractivity contribution in [3.05, 3.63) is 34.4 Å². The van der Waals surface area contributed by atoms with Gasteiger partial charge in [-0.25, -0.2) is 0 Å². The summed E-state index contributed by atoms with van der Waals surface area (Å²) in [6.45, 7) is 35.3. The summed E-state index contributed by atoms with van der Waals surface area (Å²) >= 11 is 0. The Morgan fingerprint density at radius 2 is 0.600 bits per heavy atom. The largest absolute Gasteiger partial charge is 0.309 e. The molecule has 0 saturated heterocycles. The summed E-state index contributed by atoms with van der Waals surface area (Å²) in [6.07, 6.45) is 22.2. The van der Waals surface area contributed by atoms with E-state index in [1.807, 2.05) is 44.9 Å². The van der Waals surface area contributed by atoms with Gasteiger partial charge in [-0.3, -0.25) is 10.0 Å². The van der Waals surface area contributed by atoms with Crippen molar-refractivity contribution in [1.82, 2.24) is 14.9 Å². The van der Waals surface area contributed by atoms with Crippen LogP contribution in [-0.4, -0.2) is 74.2 Å². The van der Waals surface area contributed by atoms with Crippen LogP contribution in [0.25, 0.3) is 0 Å². The van der Waals surface area contributed by atoms with E-state index in [4.69, 9.17) is 0 Å². The molecule has 574 valence electrons. The van der Waals surface area contributed by atoms with Gasteiger partial charge in [-0.05, 0) is 108 Å². The predicted molar refractivity (Wildman–Crippen MR) is 468 cm³/mol. The van der Waals surface area contributed by atoms with Gasteiger partial charge in [0.2, 0.25) is 0 Å². The van der Waals surface area contributed by atoms with Crippen LogP contribution in [0.1, 0.15) is 446 Å². The van der Waals surface area contributed by atoms with E-state index in [2.05, 4.69) is 136 Å². The molecule has 2 aliphatic carbocycles. The Kier molecular flexibility index (Phi) is 795. The predicted octanol–water partition coefficient (Wildman–Crippen LogP) is 35.6. The maximum Gasteiger partial charge on any atom is 0.0409 e. The molecule has 0 aromatic rings. The Hall–Kier alpha value is -2.32. The van der Waals surface area contributed by atoms with E-state index in [1.165, 1.54) is 99.7 Å². The van der Waals surface area contributed by atoms with Crippen LogP contribution < -0.4 is 0 Å². The molecule has 0 amide bonds. The number of unbranched alkanes of at least 4 members (excludes halogenated alkanes) is 4. The first-order valence-electron chi connectivity index (χ1n) is 20.7. The molecule has 5 nitrogen and oxygen atoms in total. The Morgan fingerprint density at radius 3 is 0.647 bits per heavy atom. The second-order valence-electron chi connectivity index (χ2n) is 13.9. The lowest BCUT2D eigenvalue weighted by atomic mass is 9.92. The van der Waals surface area contributed by atoms with E-state index in [-0.39, 0.29) is 253 Å². The van der Waals surface area contributed by atoms with Crippen LogP contribution in [0, 0.1) is 11.8 Å². The number of hydrazone groups is 2. The molecule has 2 aliphatic heterocycles. The van der Waals surface area contributed by atoms with Crippen LogP contribution in [0.4, 0.5) is 0 Å². The fraction of sp³-hybridized carbons (Fsp3) is 0.875. The quantitative estimate of drug-likeness (QED) is 0.196. The molecule has 0 atom stereocenters. The first kappa shape index (κ1) is 289. The fourth-order valence-corrected chi connectivity index (χ4v) is 3.95. The summed E-state index contributed by atoms with van der Waals surface area (Å²) in [5, 5.41) is 12.2. The van der Waals surface area contributed by atoms with Gasteiger partial charge in [0.15, 0.2) is 0 Å². The number of hydrogen-bond acceptors (Lipinski definition) is 5. The van der Waals surface area contributed by atoms with Gasteiger partial charge in [-0.15, -0.1) is 11.8 Å². The lowest BCUT2D eigenvalue weighted by molar-refractivity contribution is 0.393. The van der Waals surface area contributed by atoms with Gasteiger partial charge >= 0.3 is 0 Å². The van der Waals surface area contributed by atoms with Crippen molar-refractivity contribution >= 4 is 11.4 Å². The lowest BCUT2D eigenvalue weighted by Gasteiger charge is -2.15. The van der Waals surface area contributed by atoms with E-state index in [1.54, 1.807) is 11.1 Å². The first-order valence-corrected chi connectivity index (χ1v) is 20.7. The monoisotopic (exact) mass is 1260 g/mol. The van der Waals surface area contributed by atoms with E-state index in [9.17, 15) is 0 Å². The van der Waals surface area contributed by atoms with Crippen molar-refractivity contribution in [3.63, 3.8) is 0 Å². The number of hydrogen-bond donors (Lipinski definition) is 0. The van der Waals surface area contributed by atoms with Crippen molar-refractivity contribution in [3.8, 4) is 11.8 Å². The average molecular weight is 1260 g/mol. The summed E-state index contributed by atoms with van der Waals surface area (Å²) in [6, 6.07) is 0. The summed E-state index contributed by atoms with van der Waals surface area (Å²) in [5.41, 5.74) is 8.74. The lowest BCUT2D eigenvalue weighted by Crippen LogP contribution is -2.11. The van der Waals surface area contributed by atoms with Crippen LogP contribution in [-0.2, 0) is 0 Å². The smallest absolute Gasteiger partial charge is 0.0409 e. The van der Waals surface area contributed by atoms with Gasteiger partial charge in [-0.2, -0.15) is 10.2 Å². The molecule has 0 bridgehead atoms. The molecule has 5 heteroatoms. The van der Waals surface area contributed by atoms with Crippen LogP contribution in [0.2, 0.25) is 0 Å². The van der Waals surface area contributed by atoms with Crippen molar-refractivity contribution in [2.24, 2.45) is 10.2 Å². The molecule has 0 N–H and O–H groups in total. The molecule has 4 rings (SSSR count). The van der Waals surface area contributed by atoms with Crippen LogP contribution in [0.3, 0.4) is 0 Å². The Morgan fingerprint density at radius 1 is 0.365 bits per heavy atom. The molecule has 4 aliphatic rings. The van der Waals surface area contributed by atoms with Crippen molar-refractivity contribution in [2.75, 3.05) is 47.8 Å². The minimum Gasteiger partial charge on any atom is -0.309 e. The Labute approximate surface area is 574 Å². The van der Waals surface area contributed by atoms with E-state index in [0.29, 0.717) is 0 Å². The molecule has 0 saturated carbocycles. The highest BCUT2D eigenvalue weighted by atomic mass is 15.5. The highest BCUT2D eigenvalue weighted by Gasteiger charge is 2.05. The number of rotatable bonds is 6. The zero-order valence-corrected chi connectivity index (χ0v) is 38.4. The minimum absolute atomic E-state index is 0. The summed E-state index contributed by atoms with van der Waals surface area (Å²) in [5.74, 6) is 5.77. The van der Waals surface area contributed by atoms with Gasteiger partial charge in [0.1, 0.15) is 0 Å². The molecule has 0 aromatic carbocycles. The maximum absolute atomic E-state index is 4.14. The Bertz CT molecular complexity index is 900. The van der Waals surface area contributed by atoms with E-state index < -0.39 is 0 Å². The molecule has 85 heavy (non-hydrogen) atoms. The summed E-state index contributed by atoms with van der Waals surface area (Å²) in [4.78, 5) is 2.18. The SMILES string of the molecule is C.C.C.C.C.C.C.C.C.C.C.C.C.C.C.C.C.C.C.C.C.C.C.C.C.C.C.C.C.C.C.C.C.C.CC.CC#CCCC.CC1=C(C)CC1.CC1=CC=C(C)CC1.CC1=NN(C)CC1.CC1=NN(C)CC1.CCCC.CCCCC.CCCN(C)C. The second kappa shape index (κ2) is 234. The highest BCUT2D eigenvalue weighted by Crippen LogP contribution is 2.25. The minimum atomic E-state index is 0. The van der Waals surface area contributed by atoms with Crippen molar-refractivity contribution in [2.45, 2.75) is 446 Å². The molecule has 0 spiro atoms. The third kappa shape index (κ3) is 272. The summed E-state index contributed by atoms with van der Waals surface area (Å²) < 4.78 is 0. The third-order valence-electron chi connectivity index (χ3n) is 7.88. The number of nitrogens with zero attached hydrogens (tertiary/aromatic N) is 5. The second-order valence-corrected chi connectivity index (χ2v) is 13.9. The van der Waals surface area contributed by atoms with Gasteiger partial charge in [-0.1, -0.05) is 374 Å². The van der Waals surface area contributed by atoms with E-state index in [0.717, 1.165) is 32.4 Å². The number of allylic oxidation sites excluding steroid dienone is 6. The van der Waals surface area contributed by atoms with Crippen LogP contribution in [0.15, 0.2) is 44.6 Å². The molecule has 0 radical (unpaired) electrons. The summed E-state index contributed by atoms with van der Waals surface area (Å²) in [7, 11) is 8.17. The van der Waals surface area contributed by atoms with Crippen molar-refractivity contribution in [1.29, 1.82) is 0 Å². The zero-order chi connectivity index (χ0) is 40.5. The van der Waals surface area contributed by atoms with Crippen LogP contribution in [0.5, 0.6) is 0 Å². The zero-order valence-electron chi connectivity index (χ0n) is 38.4. The topological polar surface area (TPSA) is 34.4 Å². The standard InChI is InChI=1S/C8H12.2C6H10.2C5H10N2.C5H13N.C5H12.C4H10.C2H6.34CH4/c1-7-3-5-8(2)6-4-7;1-5-3-4-6(5)2;1-3-5-6-4-2;2*1-5-3-4-7(2)6-5;1-4-5-6(2)3;1-3-5-4-2;1-3-4-2;1-2;;;;;;;;;;;;;;;;;;;;;;;;;;;;;;;;;;/h3,5H,4,6H2,1-2H3;3-4H2,1-2H3;3,5H2,1-2H3;2*3-4H2,1-2H3;4-5H2,1-3H3;3-5H2,1-2H3;3-4H2,1-2H3;1-2H3;34*1H4. The molecule has 0 unspecified atom stereocenters. The molecule has 2 heterocycles. The van der Waals surface area contributed by atoms with Gasteiger partial charge in [0, 0.05) is 57.9 Å². The first-order chi connectivity index (χ1) is 24.2. The highest BCUT2D eigenvalue weighted by molar-refractivity contribution is 5.83. The fourth-order valence-electron chi connectivity index (χ4n) is 3.95. The maximum atomic E-state index is 4.14. The Balaban J connectivity index is -0.00000000727. The average Bonchev–Trinajstić information content (AvgIpc) is 3.70. The van der Waals surface area contributed by atoms with Gasteiger partial charge < -0.3 is 4.90 Å². The van der Waals surface area contributed by atoms with Crippen LogP contribution >= 0.6 is 0 Å². The van der Waals surface area contributed by atoms with E-state index >= 15 is 0 Å². The molecule has 0 fully saturated rings. The van der Waals surface area contributed by atoms with Gasteiger partial charge in [0.25, 0.3) is 0 Å². The van der Waals surface area contributed by atoms with Crippen molar-refractivity contribution < 1.29 is 0 Å². The molecular formula is C80H229N5. The third-order valence-corrected chi connectivity index (χ3v) is 7.88. The normalized spacial score (nSPS) is 8.75. The van der Waals surface area contributed by atoms with Gasteiger partial charge in [0.05, 0.1) is 0 Å². The molecular weight excluding hydrogens is 1030 g/mol.